The lowest BCUT2D eigenvalue weighted by molar-refractivity contribution is -0.385. The molecule has 0 amide bonds. The van der Waals surface area contributed by atoms with Crippen LogP contribution in [0.2, 0.25) is 0 Å². The number of nitro benzene ring substituents is 1. The minimum absolute atomic E-state index is 0.256. The summed E-state index contributed by atoms with van der Waals surface area (Å²) in [5.74, 6) is -2.02. The Morgan fingerprint density at radius 3 is 2.61 bits per heavy atom. The Kier molecular flexibility index (Phi) is 3.68. The van der Waals surface area contributed by atoms with Gasteiger partial charge in [0.05, 0.1) is 30.2 Å². The van der Waals surface area contributed by atoms with Crippen LogP contribution in [0.15, 0.2) is 12.1 Å². The smallest absolute Gasteiger partial charge is 0.275 e. The maximum atomic E-state index is 13.7. The van der Waals surface area contributed by atoms with Crippen molar-refractivity contribution in [3.05, 3.63) is 33.9 Å². The van der Waals surface area contributed by atoms with Gasteiger partial charge in [-0.25, -0.2) is 13.8 Å². The zero-order valence-electron chi connectivity index (χ0n) is 9.36. The largest absolute Gasteiger partial charge is 0.312 e. The van der Waals surface area contributed by atoms with Crippen LogP contribution < -0.4 is 10.4 Å². The number of non-ortho nitro benzene ring substituents is 1. The molecule has 0 unspecified atom stereocenters. The normalized spacial score (nSPS) is 16.4. The molecule has 1 aliphatic rings. The van der Waals surface area contributed by atoms with Gasteiger partial charge >= 0.3 is 0 Å². The maximum absolute atomic E-state index is 13.7. The van der Waals surface area contributed by atoms with Gasteiger partial charge in [0.15, 0.2) is 11.6 Å². The van der Waals surface area contributed by atoms with Gasteiger partial charge in [-0.05, 0) is 0 Å². The van der Waals surface area contributed by atoms with E-state index in [2.05, 4.69) is 5.32 Å². The molecule has 0 saturated carbocycles. The molecule has 8 heteroatoms. The van der Waals surface area contributed by atoms with Crippen molar-refractivity contribution >= 4 is 11.4 Å². The Hall–Kier alpha value is -1.80. The fourth-order valence-corrected chi connectivity index (χ4v) is 1.67. The second kappa shape index (κ2) is 5.23. The molecular weight excluding hydrogens is 248 g/mol. The average molecular weight is 259 g/mol. The summed E-state index contributed by atoms with van der Waals surface area (Å²) in [6.45, 7) is 1.62. The van der Waals surface area contributed by atoms with Gasteiger partial charge in [0.1, 0.15) is 5.69 Å². The molecule has 98 valence electrons. The Morgan fingerprint density at radius 2 is 2.00 bits per heavy atom. The predicted molar refractivity (Wildman–Crippen MR) is 59.2 cm³/mol. The summed E-state index contributed by atoms with van der Waals surface area (Å²) >= 11 is 0. The van der Waals surface area contributed by atoms with Crippen LogP contribution in [0.5, 0.6) is 0 Å². The molecule has 2 rings (SSSR count). The van der Waals surface area contributed by atoms with Crippen LogP contribution in [0.4, 0.5) is 20.2 Å². The highest BCUT2D eigenvalue weighted by atomic mass is 19.1. The lowest BCUT2D eigenvalue weighted by Crippen LogP contribution is -2.28. The van der Waals surface area contributed by atoms with Gasteiger partial charge < -0.3 is 5.32 Å². The molecule has 0 atom stereocenters. The van der Waals surface area contributed by atoms with Gasteiger partial charge in [-0.2, -0.15) is 0 Å². The van der Waals surface area contributed by atoms with E-state index in [1.165, 1.54) is 0 Å². The summed E-state index contributed by atoms with van der Waals surface area (Å²) < 4.78 is 27.4. The summed E-state index contributed by atoms with van der Waals surface area (Å²) in [4.78, 5) is 14.8. The first-order chi connectivity index (χ1) is 8.59. The molecule has 0 bridgehead atoms. The van der Waals surface area contributed by atoms with Crippen LogP contribution in [-0.4, -0.2) is 31.2 Å². The van der Waals surface area contributed by atoms with E-state index < -0.39 is 27.9 Å². The fraction of sp³-hybridized carbons (Fsp3) is 0.400. The standard InChI is InChI=1S/C10H11F2N3O3/c11-8-5-7(15(16)17)6-9(12)10(8)14-3-1-13-2-4-18-14/h5-6,13H,1-4H2. The zero-order valence-corrected chi connectivity index (χ0v) is 9.36. The van der Waals surface area contributed by atoms with E-state index in [1.807, 2.05) is 0 Å². The number of halogens is 2. The van der Waals surface area contributed by atoms with E-state index in [0.29, 0.717) is 25.2 Å². The zero-order chi connectivity index (χ0) is 13.1. The second-order valence-corrected chi connectivity index (χ2v) is 3.70. The number of hydrogen-bond acceptors (Lipinski definition) is 5. The third kappa shape index (κ3) is 2.54. The van der Waals surface area contributed by atoms with Gasteiger partial charge in [0.2, 0.25) is 0 Å². The molecule has 1 fully saturated rings. The quantitative estimate of drug-likeness (QED) is 0.638. The van der Waals surface area contributed by atoms with Crippen molar-refractivity contribution in [2.24, 2.45) is 0 Å². The fourth-order valence-electron chi connectivity index (χ4n) is 1.67. The van der Waals surface area contributed by atoms with Crippen LogP contribution in [-0.2, 0) is 4.84 Å². The molecule has 0 spiro atoms. The number of nitro groups is 1. The molecule has 1 aliphatic heterocycles. The lowest BCUT2D eigenvalue weighted by atomic mass is 10.2. The topological polar surface area (TPSA) is 67.6 Å². The number of hydrogen-bond donors (Lipinski definition) is 1. The summed E-state index contributed by atoms with van der Waals surface area (Å²) in [6, 6.07) is 1.36. The summed E-state index contributed by atoms with van der Waals surface area (Å²) in [6.07, 6.45) is 0. The molecule has 1 N–H and O–H groups in total. The van der Waals surface area contributed by atoms with Gasteiger partial charge in [-0.1, -0.05) is 0 Å². The van der Waals surface area contributed by atoms with Gasteiger partial charge in [0, 0.05) is 13.1 Å². The van der Waals surface area contributed by atoms with Crippen molar-refractivity contribution < 1.29 is 18.5 Å². The monoisotopic (exact) mass is 259 g/mol. The minimum atomic E-state index is -1.01. The van der Waals surface area contributed by atoms with Gasteiger partial charge in [-0.15, -0.1) is 0 Å². The maximum Gasteiger partial charge on any atom is 0.275 e. The number of benzene rings is 1. The van der Waals surface area contributed by atoms with E-state index in [-0.39, 0.29) is 13.2 Å². The number of rotatable bonds is 2. The van der Waals surface area contributed by atoms with Crippen molar-refractivity contribution in [2.75, 3.05) is 31.3 Å². The Morgan fingerprint density at radius 1 is 1.33 bits per heavy atom. The summed E-state index contributed by atoms with van der Waals surface area (Å²) in [5, 5.41) is 14.5. The molecule has 1 aromatic rings. The van der Waals surface area contributed by atoms with Crippen molar-refractivity contribution in [3.8, 4) is 0 Å². The summed E-state index contributed by atoms with van der Waals surface area (Å²) in [7, 11) is 0. The highest BCUT2D eigenvalue weighted by molar-refractivity contribution is 5.52. The van der Waals surface area contributed by atoms with Gasteiger partial charge in [-0.3, -0.25) is 15.0 Å². The van der Waals surface area contributed by atoms with Crippen LogP contribution in [0.25, 0.3) is 0 Å². The molecular formula is C10H11F2N3O3. The van der Waals surface area contributed by atoms with Crippen molar-refractivity contribution in [1.82, 2.24) is 5.32 Å². The third-order valence-electron chi connectivity index (χ3n) is 2.48. The molecule has 0 aliphatic carbocycles. The highest BCUT2D eigenvalue weighted by Gasteiger charge is 2.23. The van der Waals surface area contributed by atoms with E-state index >= 15 is 0 Å². The predicted octanol–water partition coefficient (Wildman–Crippen LogP) is 1.21. The molecule has 1 saturated heterocycles. The van der Waals surface area contributed by atoms with E-state index in [9.17, 15) is 18.9 Å². The average Bonchev–Trinajstić information content (AvgIpc) is 2.57. The number of anilines is 1. The molecule has 6 nitrogen and oxygen atoms in total. The minimum Gasteiger partial charge on any atom is -0.312 e. The van der Waals surface area contributed by atoms with Crippen molar-refractivity contribution in [2.45, 2.75) is 0 Å². The Balaban J connectivity index is 2.34. The van der Waals surface area contributed by atoms with Gasteiger partial charge in [0.25, 0.3) is 5.69 Å². The van der Waals surface area contributed by atoms with Crippen LogP contribution in [0.1, 0.15) is 0 Å². The molecule has 1 heterocycles. The molecule has 0 radical (unpaired) electrons. The van der Waals surface area contributed by atoms with Crippen LogP contribution in [0.3, 0.4) is 0 Å². The first-order valence-corrected chi connectivity index (χ1v) is 5.34. The first kappa shape index (κ1) is 12.7. The lowest BCUT2D eigenvalue weighted by Gasteiger charge is -2.21. The number of hydroxylamine groups is 1. The van der Waals surface area contributed by atoms with Crippen LogP contribution in [0, 0.1) is 21.7 Å². The van der Waals surface area contributed by atoms with E-state index in [0.717, 1.165) is 5.06 Å². The Labute approximate surface area is 101 Å². The molecule has 0 aromatic heterocycles. The summed E-state index contributed by atoms with van der Waals surface area (Å²) in [5.41, 5.74) is -1.02. The first-order valence-electron chi connectivity index (χ1n) is 5.34. The molecule has 1 aromatic carbocycles. The van der Waals surface area contributed by atoms with E-state index in [1.54, 1.807) is 0 Å². The van der Waals surface area contributed by atoms with Crippen molar-refractivity contribution in [1.29, 1.82) is 0 Å². The molecule has 18 heavy (non-hydrogen) atoms. The Bertz CT molecular complexity index is 439. The van der Waals surface area contributed by atoms with Crippen LogP contribution >= 0.6 is 0 Å². The third-order valence-corrected chi connectivity index (χ3v) is 2.48. The SMILES string of the molecule is O=[N+]([O-])c1cc(F)c(N2CCNCCO2)c(F)c1. The second-order valence-electron chi connectivity index (χ2n) is 3.70. The highest BCUT2D eigenvalue weighted by Crippen LogP contribution is 2.28. The number of nitrogens with zero attached hydrogens (tertiary/aromatic N) is 2. The number of nitrogens with one attached hydrogen (secondary N) is 1. The van der Waals surface area contributed by atoms with E-state index in [4.69, 9.17) is 4.84 Å². The van der Waals surface area contributed by atoms with Crippen molar-refractivity contribution in [3.63, 3.8) is 0 Å².